The lowest BCUT2D eigenvalue weighted by Crippen LogP contribution is -2.60. The summed E-state index contributed by atoms with van der Waals surface area (Å²) in [6.45, 7) is 7.60. The number of Topliss-reactive ketones (excluding diaryl/α,β-unsaturated/α-hetero) is 2. The van der Waals surface area contributed by atoms with Gasteiger partial charge in [0.05, 0.1) is 0 Å². The van der Waals surface area contributed by atoms with Gasteiger partial charge in [-0.2, -0.15) is 0 Å². The van der Waals surface area contributed by atoms with Gasteiger partial charge >= 0.3 is 0 Å². The smallest absolute Gasteiger partial charge is 0.181 e. The molecule has 7 atom stereocenters. The molecule has 0 unspecified atom stereocenters. The van der Waals surface area contributed by atoms with E-state index in [0.29, 0.717) is 12.3 Å². The minimum absolute atomic E-state index is 0.0105. The van der Waals surface area contributed by atoms with Crippen LogP contribution in [0.25, 0.3) is 0 Å². The zero-order chi connectivity index (χ0) is 20.1. The molecule has 148 valence electrons. The number of hydrogen-bond donors (Lipinski definition) is 0. The van der Waals surface area contributed by atoms with Crippen LogP contribution in [0.3, 0.4) is 0 Å². The Labute approximate surface area is 165 Å². The zero-order valence-electron chi connectivity index (χ0n) is 17.0. The maximum absolute atomic E-state index is 13.6. The van der Waals surface area contributed by atoms with Crippen molar-refractivity contribution in [3.05, 3.63) is 23.8 Å². The van der Waals surface area contributed by atoms with Crippen LogP contribution in [0.2, 0.25) is 0 Å². The Morgan fingerprint density at radius 3 is 2.75 bits per heavy atom. The third-order valence-corrected chi connectivity index (χ3v) is 8.64. The molecule has 0 bridgehead atoms. The van der Waals surface area contributed by atoms with E-state index in [1.807, 2.05) is 6.08 Å². The summed E-state index contributed by atoms with van der Waals surface area (Å²) < 4.78 is 6.02. The lowest BCUT2D eigenvalue weighted by Gasteiger charge is -2.56. The molecular weight excluding hydrogens is 354 g/mol. The number of ether oxygens (including phenoxy) is 1. The molecule has 5 aliphatic rings. The van der Waals surface area contributed by atoms with E-state index in [4.69, 9.17) is 9.73 Å². The first kappa shape index (κ1) is 18.0. The molecule has 0 aromatic rings. The molecule has 5 rings (SSSR count). The average molecular weight is 381 g/mol. The van der Waals surface area contributed by atoms with Crippen molar-refractivity contribution in [2.75, 3.05) is 0 Å². The Hall–Kier alpha value is -2.04. The van der Waals surface area contributed by atoms with E-state index >= 15 is 0 Å². The van der Waals surface area contributed by atoms with E-state index in [-0.39, 0.29) is 41.2 Å². The highest BCUT2D eigenvalue weighted by molar-refractivity contribution is 6.02. The second kappa shape index (κ2) is 5.31. The van der Waals surface area contributed by atoms with Crippen molar-refractivity contribution in [1.82, 2.24) is 0 Å². The van der Waals surface area contributed by atoms with E-state index in [9.17, 15) is 14.4 Å². The molecule has 0 amide bonds. The summed E-state index contributed by atoms with van der Waals surface area (Å²) in [7, 11) is 0. The summed E-state index contributed by atoms with van der Waals surface area (Å²) in [6, 6.07) is 0. The number of carbonyl (C=O) groups is 3. The summed E-state index contributed by atoms with van der Waals surface area (Å²) in [4.78, 5) is 43.1. The van der Waals surface area contributed by atoms with Gasteiger partial charge < -0.3 is 4.74 Å². The van der Waals surface area contributed by atoms with Crippen molar-refractivity contribution in [3.63, 3.8) is 0 Å². The number of aliphatic imine (C=N–C) groups is 1. The second-order valence-corrected chi connectivity index (χ2v) is 9.83. The fourth-order valence-electron chi connectivity index (χ4n) is 7.54. The first-order chi connectivity index (χ1) is 13.1. The Bertz CT molecular complexity index is 914. The molecule has 0 aromatic carbocycles. The van der Waals surface area contributed by atoms with Crippen molar-refractivity contribution in [2.45, 2.75) is 65.0 Å². The number of allylic oxidation sites excluding steroid dienone is 4. The summed E-state index contributed by atoms with van der Waals surface area (Å²) in [6.07, 6.45) is 7.86. The second-order valence-electron chi connectivity index (χ2n) is 9.83. The zero-order valence-corrected chi connectivity index (χ0v) is 17.0. The van der Waals surface area contributed by atoms with Crippen molar-refractivity contribution in [1.29, 1.82) is 0 Å². The minimum atomic E-state index is -0.933. The lowest BCUT2D eigenvalue weighted by atomic mass is 9.46. The molecule has 3 saturated carbocycles. The summed E-state index contributed by atoms with van der Waals surface area (Å²) in [5, 5.41) is 0. The molecule has 3 fully saturated rings. The molecule has 0 spiro atoms. The molecule has 4 aliphatic carbocycles. The van der Waals surface area contributed by atoms with Crippen LogP contribution in [0.5, 0.6) is 0 Å². The molecule has 0 saturated heterocycles. The monoisotopic (exact) mass is 381 g/mol. The van der Waals surface area contributed by atoms with Gasteiger partial charge in [-0.05, 0) is 50.2 Å². The highest BCUT2D eigenvalue weighted by Crippen LogP contribution is 2.68. The summed E-state index contributed by atoms with van der Waals surface area (Å²) in [5.41, 5.74) is -0.748. The van der Waals surface area contributed by atoms with E-state index in [1.54, 1.807) is 26.0 Å². The van der Waals surface area contributed by atoms with Crippen LogP contribution in [-0.4, -0.2) is 34.9 Å². The average Bonchev–Trinajstić information content (AvgIpc) is 3.06. The van der Waals surface area contributed by atoms with Gasteiger partial charge in [-0.15, -0.1) is 0 Å². The van der Waals surface area contributed by atoms with Gasteiger partial charge in [-0.3, -0.25) is 14.4 Å². The third kappa shape index (κ3) is 1.88. The van der Waals surface area contributed by atoms with E-state index < -0.39 is 16.4 Å². The minimum Gasteiger partial charge on any atom is -0.475 e. The van der Waals surface area contributed by atoms with Gasteiger partial charge in [0.25, 0.3) is 0 Å². The van der Waals surface area contributed by atoms with Crippen LogP contribution in [0, 0.1) is 28.6 Å². The standard InChI is InChI=1S/C23H27NO4/c1-12(25)23-19(28-13(2)24-23)10-17-16-6-5-14-9-15(26)7-8-21(14,3)20(16)18(27)11-22(17,23)4/h7-9,16-17,19-20H,5-6,10-11H2,1-4H3/t16-,17-,19+,20+,21-,22-,23+/m0/s1. The van der Waals surface area contributed by atoms with Gasteiger partial charge in [-0.1, -0.05) is 25.5 Å². The fourth-order valence-corrected chi connectivity index (χ4v) is 7.54. The van der Waals surface area contributed by atoms with Crippen LogP contribution in [-0.2, 0) is 19.1 Å². The van der Waals surface area contributed by atoms with Crippen LogP contribution < -0.4 is 0 Å². The van der Waals surface area contributed by atoms with Crippen LogP contribution in [0.1, 0.15) is 53.4 Å². The van der Waals surface area contributed by atoms with Crippen molar-refractivity contribution in [3.8, 4) is 0 Å². The van der Waals surface area contributed by atoms with Crippen molar-refractivity contribution >= 4 is 23.2 Å². The van der Waals surface area contributed by atoms with Crippen LogP contribution in [0.15, 0.2) is 28.8 Å². The van der Waals surface area contributed by atoms with Gasteiger partial charge in [-0.25, -0.2) is 4.99 Å². The lowest BCUT2D eigenvalue weighted by molar-refractivity contribution is -0.146. The fraction of sp³-hybridized carbons (Fsp3) is 0.652. The van der Waals surface area contributed by atoms with Gasteiger partial charge in [0.15, 0.2) is 23.0 Å². The SMILES string of the molecule is CC(=O)[C@@]12N=C(C)O[C@@H]1C[C@H]1[C@@H]3CCC4=CC(=O)C=C[C@]4(C)[C@H]3C(=O)C[C@@]12C. The predicted molar refractivity (Wildman–Crippen MR) is 104 cm³/mol. The highest BCUT2D eigenvalue weighted by atomic mass is 16.5. The molecule has 0 aromatic heterocycles. The number of ketones is 3. The van der Waals surface area contributed by atoms with Gasteiger partial charge in [0, 0.05) is 30.1 Å². The first-order valence-corrected chi connectivity index (χ1v) is 10.3. The number of fused-ring (bicyclic) bond motifs is 7. The van der Waals surface area contributed by atoms with E-state index in [2.05, 4.69) is 13.8 Å². The number of rotatable bonds is 1. The van der Waals surface area contributed by atoms with Crippen molar-refractivity contribution in [2.24, 2.45) is 33.6 Å². The normalized spacial score (nSPS) is 48.7. The largest absolute Gasteiger partial charge is 0.475 e. The van der Waals surface area contributed by atoms with Gasteiger partial charge in [0.2, 0.25) is 0 Å². The first-order valence-electron chi connectivity index (χ1n) is 10.3. The number of nitrogens with zero attached hydrogens (tertiary/aromatic N) is 1. The number of hydrogen-bond acceptors (Lipinski definition) is 5. The highest BCUT2D eigenvalue weighted by Gasteiger charge is 2.74. The Morgan fingerprint density at radius 2 is 2.04 bits per heavy atom. The molecule has 28 heavy (non-hydrogen) atoms. The topological polar surface area (TPSA) is 72.8 Å². The Balaban J connectivity index is 1.62. The van der Waals surface area contributed by atoms with E-state index in [1.165, 1.54) is 0 Å². The maximum Gasteiger partial charge on any atom is 0.181 e. The maximum atomic E-state index is 13.6. The Kier molecular flexibility index (Phi) is 3.42. The summed E-state index contributed by atoms with van der Waals surface area (Å²) in [5.74, 6) is 1.06. The predicted octanol–water partition coefficient (Wildman–Crippen LogP) is 3.23. The molecule has 0 N–H and O–H groups in total. The van der Waals surface area contributed by atoms with Crippen LogP contribution in [0.4, 0.5) is 0 Å². The van der Waals surface area contributed by atoms with Gasteiger partial charge in [0.1, 0.15) is 11.9 Å². The quantitative estimate of drug-likeness (QED) is 0.699. The Morgan fingerprint density at radius 1 is 1.29 bits per heavy atom. The molecule has 1 aliphatic heterocycles. The molecule has 5 nitrogen and oxygen atoms in total. The van der Waals surface area contributed by atoms with E-state index in [0.717, 1.165) is 24.8 Å². The molecule has 0 radical (unpaired) electrons. The molecule has 1 heterocycles. The number of carbonyl (C=O) groups excluding carboxylic acids is 3. The molecular formula is C23H27NO4. The molecule has 5 heteroatoms. The van der Waals surface area contributed by atoms with Crippen molar-refractivity contribution < 1.29 is 19.1 Å². The summed E-state index contributed by atoms with van der Waals surface area (Å²) >= 11 is 0. The third-order valence-electron chi connectivity index (χ3n) is 8.64. The van der Waals surface area contributed by atoms with Crippen LogP contribution >= 0.6 is 0 Å².